The molecule has 0 aliphatic carbocycles. The molecule has 0 fully saturated rings. The normalized spacial score (nSPS) is 11.1. The van der Waals surface area contributed by atoms with E-state index in [4.69, 9.17) is 4.42 Å². The molecule has 2 aromatic heterocycles. The SMILES string of the molecule is CCC(CC)NC(=O)CSc1nnc(-c2ccoc2C)n1-c1ccccc1. The van der Waals surface area contributed by atoms with E-state index in [0.717, 1.165) is 29.9 Å². The van der Waals surface area contributed by atoms with Gasteiger partial charge in [-0.25, -0.2) is 0 Å². The fraction of sp³-hybridized carbons (Fsp3) is 0.350. The Morgan fingerprint density at radius 1 is 1.19 bits per heavy atom. The zero-order chi connectivity index (χ0) is 19.2. The number of nitrogens with zero attached hydrogens (tertiary/aromatic N) is 3. The maximum Gasteiger partial charge on any atom is 0.230 e. The van der Waals surface area contributed by atoms with Gasteiger partial charge in [-0.3, -0.25) is 9.36 Å². The van der Waals surface area contributed by atoms with Gasteiger partial charge in [-0.1, -0.05) is 43.8 Å². The highest BCUT2D eigenvalue weighted by Crippen LogP contribution is 2.30. The Hall–Kier alpha value is -2.54. The molecule has 0 bridgehead atoms. The lowest BCUT2D eigenvalue weighted by atomic mass is 10.2. The molecule has 1 aromatic carbocycles. The third-order valence-electron chi connectivity index (χ3n) is 4.43. The van der Waals surface area contributed by atoms with Gasteiger partial charge in [-0.05, 0) is 38.0 Å². The number of aryl methyl sites for hydroxylation is 1. The smallest absolute Gasteiger partial charge is 0.230 e. The summed E-state index contributed by atoms with van der Waals surface area (Å²) in [4.78, 5) is 12.3. The van der Waals surface area contributed by atoms with Crippen molar-refractivity contribution in [1.29, 1.82) is 0 Å². The van der Waals surface area contributed by atoms with Crippen LogP contribution in [0.15, 0.2) is 52.2 Å². The van der Waals surface area contributed by atoms with Crippen molar-refractivity contribution in [2.45, 2.75) is 44.8 Å². The second-order valence-corrected chi connectivity index (χ2v) is 7.18. The van der Waals surface area contributed by atoms with Crippen LogP contribution in [0.5, 0.6) is 0 Å². The standard InChI is InChI=1S/C20H24N4O2S/c1-4-15(5-2)21-18(25)13-27-20-23-22-19(17-11-12-26-14(17)3)24(20)16-9-7-6-8-10-16/h6-12,15H,4-5,13H2,1-3H3,(H,21,25). The number of aromatic nitrogens is 3. The van der Waals surface area contributed by atoms with E-state index in [0.29, 0.717) is 16.7 Å². The van der Waals surface area contributed by atoms with Crippen LogP contribution < -0.4 is 5.32 Å². The number of amides is 1. The van der Waals surface area contributed by atoms with Crippen LogP contribution in [0.4, 0.5) is 0 Å². The molecule has 1 N–H and O–H groups in total. The summed E-state index contributed by atoms with van der Waals surface area (Å²) in [6, 6.07) is 12.0. The summed E-state index contributed by atoms with van der Waals surface area (Å²) in [6.07, 6.45) is 3.50. The number of rotatable bonds is 8. The summed E-state index contributed by atoms with van der Waals surface area (Å²) in [5.74, 6) is 1.79. The zero-order valence-corrected chi connectivity index (χ0v) is 16.6. The van der Waals surface area contributed by atoms with E-state index < -0.39 is 0 Å². The molecule has 3 aromatic rings. The second kappa shape index (κ2) is 8.90. The van der Waals surface area contributed by atoms with Gasteiger partial charge in [0.15, 0.2) is 11.0 Å². The highest BCUT2D eigenvalue weighted by Gasteiger charge is 2.20. The molecule has 1 amide bonds. The van der Waals surface area contributed by atoms with Gasteiger partial charge in [-0.15, -0.1) is 10.2 Å². The van der Waals surface area contributed by atoms with Gasteiger partial charge in [-0.2, -0.15) is 0 Å². The average molecular weight is 385 g/mol. The fourth-order valence-corrected chi connectivity index (χ4v) is 3.62. The lowest BCUT2D eigenvalue weighted by Crippen LogP contribution is -2.35. The number of hydrogen-bond acceptors (Lipinski definition) is 5. The lowest BCUT2D eigenvalue weighted by Gasteiger charge is -2.14. The van der Waals surface area contributed by atoms with Gasteiger partial charge in [0, 0.05) is 11.7 Å². The first-order valence-electron chi connectivity index (χ1n) is 9.11. The van der Waals surface area contributed by atoms with Gasteiger partial charge in [0.2, 0.25) is 5.91 Å². The average Bonchev–Trinajstić information content (AvgIpc) is 3.30. The van der Waals surface area contributed by atoms with Gasteiger partial charge < -0.3 is 9.73 Å². The van der Waals surface area contributed by atoms with Crippen LogP contribution in [0, 0.1) is 6.92 Å². The van der Waals surface area contributed by atoms with Crippen molar-refractivity contribution in [1.82, 2.24) is 20.1 Å². The summed E-state index contributed by atoms with van der Waals surface area (Å²) in [5.41, 5.74) is 1.83. The molecule has 142 valence electrons. The number of carbonyl (C=O) groups is 1. The minimum Gasteiger partial charge on any atom is -0.469 e. The minimum atomic E-state index is 0.0114. The van der Waals surface area contributed by atoms with E-state index in [1.54, 1.807) is 6.26 Å². The first-order valence-corrected chi connectivity index (χ1v) is 10.1. The topological polar surface area (TPSA) is 73.0 Å². The third kappa shape index (κ3) is 4.42. The van der Waals surface area contributed by atoms with Crippen LogP contribution >= 0.6 is 11.8 Å². The highest BCUT2D eigenvalue weighted by atomic mass is 32.2. The summed E-state index contributed by atoms with van der Waals surface area (Å²) in [7, 11) is 0. The van der Waals surface area contributed by atoms with E-state index >= 15 is 0 Å². The molecule has 0 atom stereocenters. The molecule has 27 heavy (non-hydrogen) atoms. The lowest BCUT2D eigenvalue weighted by molar-refractivity contribution is -0.119. The number of carbonyl (C=O) groups excluding carboxylic acids is 1. The molecule has 0 saturated carbocycles. The molecule has 0 unspecified atom stereocenters. The van der Waals surface area contributed by atoms with Crippen LogP contribution in [0.3, 0.4) is 0 Å². The van der Waals surface area contributed by atoms with Crippen LogP contribution in [-0.4, -0.2) is 32.5 Å². The predicted molar refractivity (Wildman–Crippen MR) is 107 cm³/mol. The summed E-state index contributed by atoms with van der Waals surface area (Å²) >= 11 is 1.38. The molecule has 0 saturated heterocycles. The van der Waals surface area contributed by atoms with E-state index in [2.05, 4.69) is 29.4 Å². The molecule has 0 aliphatic rings. The minimum absolute atomic E-state index is 0.0114. The van der Waals surface area contributed by atoms with Gasteiger partial charge >= 0.3 is 0 Å². The summed E-state index contributed by atoms with van der Waals surface area (Å²) < 4.78 is 7.40. The monoisotopic (exact) mass is 384 g/mol. The van der Waals surface area contributed by atoms with Crippen LogP contribution in [0.1, 0.15) is 32.4 Å². The Bertz CT molecular complexity index is 885. The molecule has 2 heterocycles. The van der Waals surface area contributed by atoms with Crippen LogP contribution in [-0.2, 0) is 4.79 Å². The number of hydrogen-bond donors (Lipinski definition) is 1. The fourth-order valence-electron chi connectivity index (χ4n) is 2.86. The Balaban J connectivity index is 1.87. The van der Waals surface area contributed by atoms with Crippen molar-refractivity contribution in [2.24, 2.45) is 0 Å². The predicted octanol–water partition coefficient (Wildman–Crippen LogP) is 4.23. The van der Waals surface area contributed by atoms with E-state index in [1.165, 1.54) is 11.8 Å². The molecular formula is C20H24N4O2S. The van der Waals surface area contributed by atoms with Crippen molar-refractivity contribution < 1.29 is 9.21 Å². The van der Waals surface area contributed by atoms with Crippen LogP contribution in [0.25, 0.3) is 17.1 Å². The summed E-state index contributed by atoms with van der Waals surface area (Å²) in [6.45, 7) is 6.05. The molecule has 0 aliphatic heterocycles. The van der Waals surface area contributed by atoms with Gasteiger partial charge in [0.1, 0.15) is 5.76 Å². The molecular weight excluding hydrogens is 360 g/mol. The Labute approximate surface area is 163 Å². The Morgan fingerprint density at radius 3 is 2.56 bits per heavy atom. The van der Waals surface area contributed by atoms with Crippen molar-refractivity contribution in [2.75, 3.05) is 5.75 Å². The maximum absolute atomic E-state index is 12.3. The second-order valence-electron chi connectivity index (χ2n) is 6.24. The molecule has 7 heteroatoms. The molecule has 3 rings (SSSR count). The summed E-state index contributed by atoms with van der Waals surface area (Å²) in [5, 5.41) is 12.4. The van der Waals surface area contributed by atoms with Gasteiger partial charge in [0.25, 0.3) is 0 Å². The number of benzene rings is 1. The van der Waals surface area contributed by atoms with Gasteiger partial charge in [0.05, 0.1) is 17.6 Å². The number of thioether (sulfide) groups is 1. The first-order chi connectivity index (χ1) is 13.1. The Kier molecular flexibility index (Phi) is 6.34. The van der Waals surface area contributed by atoms with E-state index in [9.17, 15) is 4.79 Å². The quantitative estimate of drug-likeness (QED) is 0.588. The van der Waals surface area contributed by atoms with Crippen LogP contribution in [0.2, 0.25) is 0 Å². The third-order valence-corrected chi connectivity index (χ3v) is 5.36. The molecule has 0 spiro atoms. The highest BCUT2D eigenvalue weighted by molar-refractivity contribution is 7.99. The van der Waals surface area contributed by atoms with Crippen molar-refractivity contribution in [3.05, 3.63) is 48.4 Å². The number of nitrogens with one attached hydrogen (secondary N) is 1. The maximum atomic E-state index is 12.3. The van der Waals surface area contributed by atoms with E-state index in [1.807, 2.05) is 47.9 Å². The molecule has 0 radical (unpaired) electrons. The van der Waals surface area contributed by atoms with Crippen molar-refractivity contribution in [3.63, 3.8) is 0 Å². The molecule has 6 nitrogen and oxygen atoms in total. The van der Waals surface area contributed by atoms with Crippen molar-refractivity contribution in [3.8, 4) is 17.1 Å². The largest absolute Gasteiger partial charge is 0.469 e. The Morgan fingerprint density at radius 2 is 1.93 bits per heavy atom. The number of para-hydroxylation sites is 1. The first kappa shape index (κ1) is 19.2. The van der Waals surface area contributed by atoms with E-state index in [-0.39, 0.29) is 11.9 Å². The van der Waals surface area contributed by atoms with Crippen molar-refractivity contribution >= 4 is 17.7 Å². The number of furan rings is 1. The zero-order valence-electron chi connectivity index (χ0n) is 15.8.